The first kappa shape index (κ1) is 15.4. The van der Waals surface area contributed by atoms with Crippen molar-refractivity contribution in [3.63, 3.8) is 0 Å². The van der Waals surface area contributed by atoms with E-state index in [1.165, 1.54) is 12.0 Å². The van der Waals surface area contributed by atoms with Crippen LogP contribution in [0.25, 0.3) is 0 Å². The third-order valence-electron chi connectivity index (χ3n) is 4.32. The largest absolute Gasteiger partial charge is 0.394 e. The van der Waals surface area contributed by atoms with Crippen molar-refractivity contribution in [1.82, 2.24) is 0 Å². The molecule has 112 valence electrons. The average Bonchev–Trinajstić information content (AvgIpc) is 2.24. The van der Waals surface area contributed by atoms with Gasteiger partial charge in [-0.1, -0.05) is 39.8 Å². The normalized spacial score (nSPS) is 23.3. The van der Waals surface area contributed by atoms with Crippen molar-refractivity contribution in [2.45, 2.75) is 59.4 Å². The van der Waals surface area contributed by atoms with Gasteiger partial charge in [0.05, 0.1) is 12.1 Å². The Morgan fingerprint density at radius 2 is 1.65 bits per heavy atom. The van der Waals surface area contributed by atoms with Crippen LogP contribution in [-0.2, 0) is 0 Å². The van der Waals surface area contributed by atoms with Crippen molar-refractivity contribution in [2.75, 3.05) is 11.9 Å². The molecule has 0 saturated heterocycles. The molecule has 2 nitrogen and oxygen atoms in total. The molecule has 2 N–H and O–H groups in total. The van der Waals surface area contributed by atoms with Crippen molar-refractivity contribution in [2.24, 2.45) is 10.8 Å². The fourth-order valence-corrected chi connectivity index (χ4v) is 4.58. The van der Waals surface area contributed by atoms with E-state index in [0.29, 0.717) is 0 Å². The lowest BCUT2D eigenvalue weighted by atomic mass is 9.58. The van der Waals surface area contributed by atoms with Crippen LogP contribution in [0, 0.1) is 17.8 Å². The second-order valence-electron chi connectivity index (χ2n) is 8.29. The fraction of sp³-hybridized carbons (Fsp3) is 0.667. The van der Waals surface area contributed by atoms with Gasteiger partial charge in [0.25, 0.3) is 0 Å². The van der Waals surface area contributed by atoms with E-state index in [1.54, 1.807) is 0 Å². The summed E-state index contributed by atoms with van der Waals surface area (Å²) in [5.41, 5.74) is 2.66. The lowest BCUT2D eigenvalue weighted by Crippen LogP contribution is -2.53. The van der Waals surface area contributed by atoms with E-state index in [9.17, 15) is 5.11 Å². The first-order valence-electron chi connectivity index (χ1n) is 7.61. The smallest absolute Gasteiger partial charge is 0.0661 e. The maximum absolute atomic E-state index is 10.1. The van der Waals surface area contributed by atoms with Crippen molar-refractivity contribution in [3.05, 3.63) is 29.8 Å². The molecule has 0 radical (unpaired) electrons. The molecule has 0 spiro atoms. The minimum atomic E-state index is -0.209. The topological polar surface area (TPSA) is 32.3 Å². The molecule has 0 bridgehead atoms. The monoisotopic (exact) mass is 275 g/mol. The van der Waals surface area contributed by atoms with Gasteiger partial charge in [-0.2, -0.15) is 0 Å². The number of hydrogen-bond donors (Lipinski definition) is 2. The van der Waals surface area contributed by atoms with E-state index < -0.39 is 0 Å². The number of benzene rings is 1. The van der Waals surface area contributed by atoms with Gasteiger partial charge in [-0.05, 0) is 54.7 Å². The van der Waals surface area contributed by atoms with Gasteiger partial charge < -0.3 is 10.4 Å². The van der Waals surface area contributed by atoms with Crippen LogP contribution in [0.5, 0.6) is 0 Å². The second-order valence-corrected chi connectivity index (χ2v) is 8.29. The van der Waals surface area contributed by atoms with Gasteiger partial charge >= 0.3 is 0 Å². The van der Waals surface area contributed by atoms with Crippen LogP contribution in [0.3, 0.4) is 0 Å². The third-order valence-corrected chi connectivity index (χ3v) is 4.32. The van der Waals surface area contributed by atoms with Crippen LogP contribution in [0.1, 0.15) is 52.5 Å². The lowest BCUT2D eigenvalue weighted by Gasteiger charge is -2.52. The first-order valence-corrected chi connectivity index (χ1v) is 7.61. The number of aliphatic hydroxyl groups excluding tert-OH is 1. The number of aryl methyl sites for hydroxylation is 1. The molecule has 1 aromatic carbocycles. The predicted octanol–water partition coefficient (Wildman–Crippen LogP) is 4.37. The first-order chi connectivity index (χ1) is 9.15. The van der Waals surface area contributed by atoms with Gasteiger partial charge in [-0.15, -0.1) is 0 Å². The SMILES string of the molecule is Cc1cccc(NC2(CO)CC(C)(C)CC(C)(C)C2)c1. The molecule has 1 fully saturated rings. The molecule has 1 aromatic rings. The van der Waals surface area contributed by atoms with Crippen LogP contribution in [-0.4, -0.2) is 17.3 Å². The lowest BCUT2D eigenvalue weighted by molar-refractivity contribution is 0.0288. The van der Waals surface area contributed by atoms with Crippen molar-refractivity contribution < 1.29 is 5.11 Å². The molecule has 0 amide bonds. The minimum absolute atomic E-state index is 0.188. The summed E-state index contributed by atoms with van der Waals surface area (Å²) < 4.78 is 0. The molecule has 20 heavy (non-hydrogen) atoms. The van der Waals surface area contributed by atoms with Gasteiger partial charge in [0.2, 0.25) is 0 Å². The molecular formula is C18H29NO. The van der Waals surface area contributed by atoms with E-state index in [4.69, 9.17) is 0 Å². The number of aliphatic hydroxyl groups is 1. The van der Waals surface area contributed by atoms with Crippen molar-refractivity contribution >= 4 is 5.69 Å². The molecule has 2 rings (SSSR count). The Morgan fingerprint density at radius 3 is 2.15 bits per heavy atom. The number of hydrogen-bond acceptors (Lipinski definition) is 2. The summed E-state index contributed by atoms with van der Waals surface area (Å²) in [5.74, 6) is 0. The van der Waals surface area contributed by atoms with Crippen molar-refractivity contribution in [3.8, 4) is 0 Å². The maximum Gasteiger partial charge on any atom is 0.0661 e. The quantitative estimate of drug-likeness (QED) is 0.858. The maximum atomic E-state index is 10.1. The van der Waals surface area contributed by atoms with E-state index in [0.717, 1.165) is 18.5 Å². The zero-order chi connectivity index (χ0) is 15.0. The molecule has 1 aliphatic rings. The summed E-state index contributed by atoms with van der Waals surface area (Å²) in [7, 11) is 0. The summed E-state index contributed by atoms with van der Waals surface area (Å²) >= 11 is 0. The minimum Gasteiger partial charge on any atom is -0.394 e. The van der Waals surface area contributed by atoms with Gasteiger partial charge in [0, 0.05) is 5.69 Å². The van der Waals surface area contributed by atoms with E-state index in [1.807, 2.05) is 0 Å². The van der Waals surface area contributed by atoms with E-state index in [2.05, 4.69) is 64.2 Å². The molecule has 0 aromatic heterocycles. The van der Waals surface area contributed by atoms with Gasteiger partial charge in [0.1, 0.15) is 0 Å². The highest BCUT2D eigenvalue weighted by molar-refractivity contribution is 5.48. The Balaban J connectivity index is 2.29. The fourth-order valence-electron chi connectivity index (χ4n) is 4.58. The molecule has 1 saturated carbocycles. The Morgan fingerprint density at radius 1 is 1.05 bits per heavy atom. The third kappa shape index (κ3) is 3.54. The van der Waals surface area contributed by atoms with Gasteiger partial charge in [0.15, 0.2) is 0 Å². The summed E-state index contributed by atoms with van der Waals surface area (Å²) in [6.07, 6.45) is 3.22. The standard InChI is InChI=1S/C18H29NO/c1-14-7-6-8-15(9-14)19-18(13-20)11-16(2,3)10-17(4,5)12-18/h6-9,19-20H,10-13H2,1-5H3. The molecule has 0 atom stereocenters. The van der Waals surface area contributed by atoms with E-state index in [-0.39, 0.29) is 23.0 Å². The van der Waals surface area contributed by atoms with Gasteiger partial charge in [-0.25, -0.2) is 0 Å². The van der Waals surface area contributed by atoms with Crippen molar-refractivity contribution in [1.29, 1.82) is 0 Å². The summed E-state index contributed by atoms with van der Waals surface area (Å²) in [6.45, 7) is 11.6. The molecular weight excluding hydrogens is 246 g/mol. The van der Waals surface area contributed by atoms with Crippen LogP contribution in [0.15, 0.2) is 24.3 Å². The summed E-state index contributed by atoms with van der Waals surface area (Å²) in [5, 5.41) is 13.7. The van der Waals surface area contributed by atoms with E-state index >= 15 is 0 Å². The number of nitrogens with one attached hydrogen (secondary N) is 1. The highest BCUT2D eigenvalue weighted by Gasteiger charge is 2.47. The van der Waals surface area contributed by atoms with Crippen LogP contribution >= 0.6 is 0 Å². The summed E-state index contributed by atoms with van der Waals surface area (Å²) in [6, 6.07) is 8.43. The Labute approximate surface area is 123 Å². The molecule has 1 aliphatic carbocycles. The van der Waals surface area contributed by atoms with Crippen LogP contribution < -0.4 is 5.32 Å². The predicted molar refractivity (Wildman–Crippen MR) is 86.0 cm³/mol. The zero-order valence-electron chi connectivity index (χ0n) is 13.6. The highest BCUT2D eigenvalue weighted by Crippen LogP contribution is 2.50. The van der Waals surface area contributed by atoms with Crippen LogP contribution in [0.4, 0.5) is 5.69 Å². The molecule has 0 aliphatic heterocycles. The molecule has 2 heteroatoms. The summed E-state index contributed by atoms with van der Waals surface area (Å²) in [4.78, 5) is 0. The number of anilines is 1. The average molecular weight is 275 g/mol. The Bertz CT molecular complexity index is 460. The zero-order valence-corrected chi connectivity index (χ0v) is 13.6. The second kappa shape index (κ2) is 5.07. The highest BCUT2D eigenvalue weighted by atomic mass is 16.3. The Kier molecular flexibility index (Phi) is 3.90. The van der Waals surface area contributed by atoms with Gasteiger partial charge in [-0.3, -0.25) is 0 Å². The molecule has 0 unspecified atom stereocenters. The Hall–Kier alpha value is -1.02. The van der Waals surface area contributed by atoms with Crippen LogP contribution in [0.2, 0.25) is 0 Å². The number of rotatable bonds is 3. The molecule has 0 heterocycles.